The first kappa shape index (κ1) is 18.7. The number of nitrogens with one attached hydrogen (secondary N) is 1. The lowest BCUT2D eigenvalue weighted by Gasteiger charge is -2.27. The van der Waals surface area contributed by atoms with E-state index in [-0.39, 0.29) is 12.1 Å². The Kier molecular flexibility index (Phi) is 7.05. The van der Waals surface area contributed by atoms with Crippen molar-refractivity contribution in [1.82, 2.24) is 19.6 Å². The second-order valence-corrected chi connectivity index (χ2v) is 6.92. The van der Waals surface area contributed by atoms with Crippen molar-refractivity contribution in [2.75, 3.05) is 31.5 Å². The number of hydrogen-bond acceptors (Lipinski definition) is 4. The molecule has 24 heavy (non-hydrogen) atoms. The molecule has 136 valence electrons. The van der Waals surface area contributed by atoms with Gasteiger partial charge < -0.3 is 20.2 Å². The second kappa shape index (κ2) is 9.03. The van der Waals surface area contributed by atoms with Gasteiger partial charge in [0.25, 0.3) is 0 Å². The minimum absolute atomic E-state index is 0.0220. The first-order chi connectivity index (χ1) is 11.5. The van der Waals surface area contributed by atoms with Gasteiger partial charge in [-0.25, -0.2) is 4.79 Å². The zero-order valence-electron chi connectivity index (χ0n) is 15.1. The average molecular weight is 337 g/mol. The van der Waals surface area contributed by atoms with Gasteiger partial charge in [-0.1, -0.05) is 6.42 Å². The van der Waals surface area contributed by atoms with Crippen molar-refractivity contribution in [2.24, 2.45) is 0 Å². The summed E-state index contributed by atoms with van der Waals surface area (Å²) in [6.45, 7) is 10.0. The molecule has 2 N–H and O–H groups in total. The van der Waals surface area contributed by atoms with Crippen LogP contribution in [0.2, 0.25) is 0 Å². The number of carbonyl (C=O) groups is 1. The van der Waals surface area contributed by atoms with Crippen LogP contribution in [0.4, 0.5) is 10.5 Å². The van der Waals surface area contributed by atoms with Gasteiger partial charge in [0.05, 0.1) is 24.5 Å². The van der Waals surface area contributed by atoms with Gasteiger partial charge in [0.2, 0.25) is 0 Å². The number of rotatable bonds is 7. The van der Waals surface area contributed by atoms with Crippen LogP contribution in [0.5, 0.6) is 0 Å². The summed E-state index contributed by atoms with van der Waals surface area (Å²) < 4.78 is 1.87. The highest BCUT2D eigenvalue weighted by Gasteiger charge is 2.19. The van der Waals surface area contributed by atoms with Crippen LogP contribution in [-0.4, -0.2) is 69.0 Å². The maximum Gasteiger partial charge on any atom is 0.322 e. The Bertz CT molecular complexity index is 509. The van der Waals surface area contributed by atoms with Gasteiger partial charge >= 0.3 is 6.03 Å². The van der Waals surface area contributed by atoms with Gasteiger partial charge in [-0.3, -0.25) is 4.68 Å². The summed E-state index contributed by atoms with van der Waals surface area (Å²) in [6.07, 6.45) is 6.90. The fourth-order valence-corrected chi connectivity index (χ4v) is 2.99. The molecule has 1 aliphatic heterocycles. The summed E-state index contributed by atoms with van der Waals surface area (Å²) in [5, 5.41) is 16.7. The van der Waals surface area contributed by atoms with E-state index in [0.29, 0.717) is 12.2 Å². The highest BCUT2D eigenvalue weighted by Crippen LogP contribution is 2.11. The Morgan fingerprint density at radius 3 is 2.62 bits per heavy atom. The number of aliphatic hydroxyl groups is 1. The number of hydrogen-bond donors (Lipinski definition) is 2. The van der Waals surface area contributed by atoms with Crippen LogP contribution in [0.3, 0.4) is 0 Å². The molecule has 1 saturated heterocycles. The molecule has 0 aliphatic carbocycles. The van der Waals surface area contributed by atoms with Gasteiger partial charge in [0.15, 0.2) is 0 Å². The molecule has 0 aromatic carbocycles. The third-order valence-electron chi connectivity index (χ3n) is 4.32. The van der Waals surface area contributed by atoms with E-state index in [2.05, 4.69) is 15.3 Å². The van der Waals surface area contributed by atoms with Crippen LogP contribution in [-0.2, 0) is 6.54 Å². The zero-order valence-corrected chi connectivity index (χ0v) is 15.1. The van der Waals surface area contributed by atoms with E-state index in [4.69, 9.17) is 0 Å². The molecular formula is C17H31N5O2. The van der Waals surface area contributed by atoms with E-state index in [1.807, 2.05) is 24.7 Å². The molecule has 2 rings (SSSR count). The van der Waals surface area contributed by atoms with Crippen LogP contribution in [0, 0.1) is 0 Å². The first-order valence-electron chi connectivity index (χ1n) is 8.96. The van der Waals surface area contributed by atoms with Crippen LogP contribution < -0.4 is 5.32 Å². The van der Waals surface area contributed by atoms with E-state index < -0.39 is 6.10 Å². The lowest BCUT2D eigenvalue weighted by molar-refractivity contribution is 0.125. The van der Waals surface area contributed by atoms with Crippen molar-refractivity contribution in [3.63, 3.8) is 0 Å². The molecule has 0 saturated carbocycles. The van der Waals surface area contributed by atoms with Gasteiger partial charge in [0.1, 0.15) is 0 Å². The van der Waals surface area contributed by atoms with Crippen molar-refractivity contribution in [1.29, 1.82) is 0 Å². The first-order valence-corrected chi connectivity index (χ1v) is 8.96. The molecular weight excluding hydrogens is 306 g/mol. The number of nitrogens with zero attached hydrogens (tertiary/aromatic N) is 4. The Labute approximate surface area is 144 Å². The molecule has 1 atom stereocenters. The fraction of sp³-hybridized carbons (Fsp3) is 0.765. The normalized spacial score (nSPS) is 17.0. The summed E-state index contributed by atoms with van der Waals surface area (Å²) in [6, 6.07) is -0.185. The van der Waals surface area contributed by atoms with E-state index >= 15 is 0 Å². The summed E-state index contributed by atoms with van der Waals surface area (Å²) in [4.78, 5) is 16.4. The zero-order chi connectivity index (χ0) is 17.5. The van der Waals surface area contributed by atoms with Gasteiger partial charge in [-0.15, -0.1) is 0 Å². The molecule has 0 spiro atoms. The van der Waals surface area contributed by atoms with Crippen LogP contribution in [0.15, 0.2) is 12.4 Å². The van der Waals surface area contributed by atoms with Crippen molar-refractivity contribution >= 4 is 11.7 Å². The Morgan fingerprint density at radius 2 is 2.00 bits per heavy atom. The number of aromatic nitrogens is 2. The number of amides is 2. The quantitative estimate of drug-likeness (QED) is 0.798. The Hall–Kier alpha value is -1.60. The van der Waals surface area contributed by atoms with Gasteiger partial charge in [-0.2, -0.15) is 5.10 Å². The standard InChI is InChI=1S/C17H31N5O2/c1-14(2)22(12-15(3)23)17(24)19-16-11-18-21(13-16)10-9-20-7-5-4-6-8-20/h11,13-15,23H,4-10,12H2,1-3H3,(H,19,24). The third kappa shape index (κ3) is 5.79. The van der Waals surface area contributed by atoms with Crippen molar-refractivity contribution in [3.05, 3.63) is 12.4 Å². The largest absolute Gasteiger partial charge is 0.392 e. The summed E-state index contributed by atoms with van der Waals surface area (Å²) >= 11 is 0. The lowest BCUT2D eigenvalue weighted by atomic mass is 10.1. The molecule has 1 aromatic rings. The molecule has 1 aromatic heterocycles. The highest BCUT2D eigenvalue weighted by molar-refractivity contribution is 5.89. The topological polar surface area (TPSA) is 73.6 Å². The maximum absolute atomic E-state index is 12.4. The molecule has 0 bridgehead atoms. The molecule has 0 radical (unpaired) electrons. The second-order valence-electron chi connectivity index (χ2n) is 6.92. The van der Waals surface area contributed by atoms with Crippen LogP contribution in [0.1, 0.15) is 40.0 Å². The number of likely N-dealkylation sites (tertiary alicyclic amines) is 1. The predicted octanol–water partition coefficient (Wildman–Crippen LogP) is 1.99. The predicted molar refractivity (Wildman–Crippen MR) is 95.1 cm³/mol. The number of urea groups is 1. The smallest absolute Gasteiger partial charge is 0.322 e. The SMILES string of the molecule is CC(O)CN(C(=O)Nc1cnn(CCN2CCCCC2)c1)C(C)C. The number of anilines is 1. The Morgan fingerprint density at radius 1 is 1.29 bits per heavy atom. The molecule has 2 heterocycles. The van der Waals surface area contributed by atoms with Crippen LogP contribution >= 0.6 is 0 Å². The van der Waals surface area contributed by atoms with Crippen molar-refractivity contribution < 1.29 is 9.90 Å². The van der Waals surface area contributed by atoms with Crippen molar-refractivity contribution in [3.8, 4) is 0 Å². The van der Waals surface area contributed by atoms with E-state index in [0.717, 1.165) is 13.1 Å². The summed E-state index contributed by atoms with van der Waals surface area (Å²) in [5.74, 6) is 0. The summed E-state index contributed by atoms with van der Waals surface area (Å²) in [7, 11) is 0. The van der Waals surface area contributed by atoms with Gasteiger partial charge in [-0.05, 0) is 46.7 Å². The summed E-state index contributed by atoms with van der Waals surface area (Å²) in [5.41, 5.74) is 0.690. The van der Waals surface area contributed by atoms with Gasteiger partial charge in [0, 0.05) is 25.3 Å². The molecule has 2 amide bonds. The van der Waals surface area contributed by atoms with E-state index in [9.17, 15) is 9.90 Å². The van der Waals surface area contributed by atoms with E-state index in [1.54, 1.807) is 18.0 Å². The molecule has 1 fully saturated rings. The Balaban J connectivity index is 1.84. The third-order valence-corrected chi connectivity index (χ3v) is 4.32. The number of carbonyl (C=O) groups excluding carboxylic acids is 1. The molecule has 1 aliphatic rings. The lowest BCUT2D eigenvalue weighted by Crippen LogP contribution is -2.43. The average Bonchev–Trinajstić information content (AvgIpc) is 2.98. The molecule has 7 heteroatoms. The monoisotopic (exact) mass is 337 g/mol. The number of piperidine rings is 1. The maximum atomic E-state index is 12.4. The molecule has 7 nitrogen and oxygen atoms in total. The van der Waals surface area contributed by atoms with Crippen molar-refractivity contribution in [2.45, 2.75) is 58.7 Å². The van der Waals surface area contributed by atoms with E-state index in [1.165, 1.54) is 32.4 Å². The van der Waals surface area contributed by atoms with Crippen LogP contribution in [0.25, 0.3) is 0 Å². The molecule has 1 unspecified atom stereocenters. The number of aliphatic hydroxyl groups excluding tert-OH is 1. The minimum atomic E-state index is -0.551. The highest BCUT2D eigenvalue weighted by atomic mass is 16.3. The minimum Gasteiger partial charge on any atom is -0.392 e. The fourth-order valence-electron chi connectivity index (χ4n) is 2.99.